The maximum Gasteiger partial charge on any atom is 0.410 e. The van der Waals surface area contributed by atoms with Crippen LogP contribution in [0, 0.1) is 13.8 Å². The van der Waals surface area contributed by atoms with Gasteiger partial charge in [0, 0.05) is 29.9 Å². The van der Waals surface area contributed by atoms with Crippen molar-refractivity contribution in [2.24, 2.45) is 7.05 Å². The first-order chi connectivity index (χ1) is 20.9. The lowest BCUT2D eigenvalue weighted by Crippen LogP contribution is -2.55. The molecule has 0 radical (unpaired) electrons. The van der Waals surface area contributed by atoms with Crippen molar-refractivity contribution in [3.63, 3.8) is 0 Å². The Morgan fingerprint density at radius 2 is 1.55 bits per heavy atom. The minimum absolute atomic E-state index is 0.0446. The molecule has 0 spiro atoms. The van der Waals surface area contributed by atoms with Crippen LogP contribution in [0.4, 0.5) is 9.59 Å². The predicted octanol–water partition coefficient (Wildman–Crippen LogP) is 6.93. The van der Waals surface area contributed by atoms with E-state index in [9.17, 15) is 19.5 Å². The third kappa shape index (κ3) is 6.18. The van der Waals surface area contributed by atoms with E-state index in [-0.39, 0.29) is 30.7 Å². The van der Waals surface area contributed by atoms with Crippen molar-refractivity contribution in [2.75, 3.05) is 6.61 Å². The molecule has 2 N–H and O–H groups in total. The number of amides is 2. The zero-order chi connectivity index (χ0) is 31.8. The summed E-state index contributed by atoms with van der Waals surface area (Å²) in [4.78, 5) is 41.0. The molecular weight excluding hydrogens is 558 g/mol. The monoisotopic (exact) mass is 601 g/mol. The van der Waals surface area contributed by atoms with Crippen LogP contribution in [0.1, 0.15) is 90.8 Å². The van der Waals surface area contributed by atoms with E-state index >= 15 is 0 Å². The van der Waals surface area contributed by atoms with Gasteiger partial charge in [0.2, 0.25) is 0 Å². The van der Waals surface area contributed by atoms with Crippen molar-refractivity contribution >= 4 is 18.2 Å². The number of benzene rings is 2. The predicted molar refractivity (Wildman–Crippen MR) is 168 cm³/mol. The van der Waals surface area contributed by atoms with Crippen molar-refractivity contribution in [2.45, 2.75) is 90.4 Å². The van der Waals surface area contributed by atoms with Gasteiger partial charge in [-0.3, -0.25) is 4.90 Å². The van der Waals surface area contributed by atoms with Gasteiger partial charge < -0.3 is 24.5 Å². The van der Waals surface area contributed by atoms with Gasteiger partial charge >= 0.3 is 18.2 Å². The van der Waals surface area contributed by atoms with Gasteiger partial charge in [0.15, 0.2) is 0 Å². The highest BCUT2D eigenvalue weighted by Gasteiger charge is 2.38. The number of hydrogen-bond acceptors (Lipinski definition) is 5. The highest BCUT2D eigenvalue weighted by molar-refractivity contribution is 5.91. The van der Waals surface area contributed by atoms with E-state index in [1.165, 1.54) is 0 Å². The van der Waals surface area contributed by atoms with E-state index in [0.29, 0.717) is 24.1 Å². The molecule has 1 aromatic heterocycles. The summed E-state index contributed by atoms with van der Waals surface area (Å²) in [5.74, 6) is -1.16. The molecule has 44 heavy (non-hydrogen) atoms. The van der Waals surface area contributed by atoms with Gasteiger partial charge in [-0.2, -0.15) is 0 Å². The Kier molecular flexibility index (Phi) is 8.77. The van der Waals surface area contributed by atoms with Crippen molar-refractivity contribution in [1.82, 2.24) is 14.8 Å². The Labute approximate surface area is 259 Å². The first kappa shape index (κ1) is 31.2. The Hall–Kier alpha value is -4.27. The van der Waals surface area contributed by atoms with E-state index in [1.54, 1.807) is 11.8 Å². The lowest BCUT2D eigenvalue weighted by molar-refractivity contribution is 0.0366. The summed E-state index contributed by atoms with van der Waals surface area (Å²) in [5, 5.41) is 13.1. The van der Waals surface area contributed by atoms with Crippen molar-refractivity contribution in [3.05, 3.63) is 82.2 Å². The molecule has 1 saturated carbocycles. The summed E-state index contributed by atoms with van der Waals surface area (Å²) >= 11 is 0. The van der Waals surface area contributed by atoms with Crippen LogP contribution < -0.4 is 5.32 Å². The topological polar surface area (TPSA) is 110 Å². The van der Waals surface area contributed by atoms with Crippen LogP contribution in [0.5, 0.6) is 0 Å². The van der Waals surface area contributed by atoms with E-state index in [2.05, 4.69) is 29.6 Å². The van der Waals surface area contributed by atoms with E-state index < -0.39 is 29.8 Å². The van der Waals surface area contributed by atoms with Crippen LogP contribution >= 0.6 is 0 Å². The molecule has 1 heterocycles. The van der Waals surface area contributed by atoms with Crippen LogP contribution in [0.3, 0.4) is 0 Å². The number of aromatic carboxylic acids is 1. The highest BCUT2D eigenvalue weighted by Crippen LogP contribution is 2.44. The molecule has 9 heteroatoms. The van der Waals surface area contributed by atoms with Crippen LogP contribution in [-0.2, 0) is 23.1 Å². The number of alkyl carbamates (subject to hydrolysis) is 1. The van der Waals surface area contributed by atoms with E-state index in [1.807, 2.05) is 63.6 Å². The number of ether oxygens (including phenoxy) is 2. The largest absolute Gasteiger partial charge is 0.478 e. The quantitative estimate of drug-likeness (QED) is 0.304. The van der Waals surface area contributed by atoms with Gasteiger partial charge in [-0.1, -0.05) is 61.4 Å². The first-order valence-corrected chi connectivity index (χ1v) is 15.4. The second kappa shape index (κ2) is 12.4. The zero-order valence-electron chi connectivity index (χ0n) is 26.5. The fraction of sp³-hybridized carbons (Fsp3) is 0.457. The molecule has 2 aliphatic rings. The molecule has 3 aromatic rings. The van der Waals surface area contributed by atoms with Crippen LogP contribution in [0.15, 0.2) is 48.5 Å². The second-order valence-electron chi connectivity index (χ2n) is 12.9. The Balaban J connectivity index is 1.46. The molecule has 0 aliphatic heterocycles. The van der Waals surface area contributed by atoms with Gasteiger partial charge in [0.05, 0.1) is 24.2 Å². The number of carboxylic acids is 1. The van der Waals surface area contributed by atoms with Crippen LogP contribution in [0.2, 0.25) is 0 Å². The van der Waals surface area contributed by atoms with E-state index in [4.69, 9.17) is 9.47 Å². The van der Waals surface area contributed by atoms with Crippen LogP contribution in [-0.4, -0.2) is 57.0 Å². The average Bonchev–Trinajstić information content (AvgIpc) is 3.40. The van der Waals surface area contributed by atoms with Gasteiger partial charge in [-0.25, -0.2) is 14.4 Å². The molecule has 9 nitrogen and oxygen atoms in total. The van der Waals surface area contributed by atoms with Crippen molar-refractivity contribution in [3.8, 4) is 11.1 Å². The molecule has 5 rings (SSSR count). The normalized spacial score (nSPS) is 17.9. The summed E-state index contributed by atoms with van der Waals surface area (Å²) in [7, 11) is 1.83. The summed E-state index contributed by atoms with van der Waals surface area (Å²) in [6.07, 6.45) is 1.97. The number of rotatable bonds is 7. The Morgan fingerprint density at radius 1 is 0.955 bits per heavy atom. The SMILES string of the molecule is Cc1c(CN(C(=O)OCC2c3ccccc3-c3ccccc32)[C@@H]2CCCC[C@H]2NC(=O)OC(C)(C)C)c(C(=O)O)c(C)n1C. The number of carbonyl (C=O) groups is 3. The maximum absolute atomic E-state index is 14.2. The standard InChI is InChI=1S/C35H43N3O6/c1-21-27(31(32(39)40)22(2)37(21)6)19-38(30-18-12-11-17-29(30)36-33(41)44-35(3,4)5)34(42)43-20-28-25-15-9-7-13-23(25)24-14-8-10-16-26(24)28/h7-10,13-16,28-30H,11-12,17-20H2,1-6H3,(H,36,41)(H,39,40)/t29-,30-/m1/s1. The summed E-state index contributed by atoms with van der Waals surface area (Å²) in [6, 6.07) is 15.5. The summed E-state index contributed by atoms with van der Waals surface area (Å²) in [6.45, 7) is 9.24. The second-order valence-corrected chi connectivity index (χ2v) is 12.9. The summed E-state index contributed by atoms with van der Waals surface area (Å²) in [5.41, 5.74) is 5.95. The molecule has 2 atom stereocenters. The number of carbonyl (C=O) groups excluding carboxylic acids is 2. The maximum atomic E-state index is 14.2. The number of nitrogens with zero attached hydrogens (tertiary/aromatic N) is 2. The first-order valence-electron chi connectivity index (χ1n) is 15.4. The molecule has 1 fully saturated rings. The highest BCUT2D eigenvalue weighted by atomic mass is 16.6. The van der Waals surface area contributed by atoms with E-state index in [0.717, 1.165) is 40.8 Å². The fourth-order valence-electron chi connectivity index (χ4n) is 6.77. The molecule has 0 saturated heterocycles. The summed E-state index contributed by atoms with van der Waals surface area (Å²) < 4.78 is 13.5. The van der Waals surface area contributed by atoms with Gasteiger partial charge in [-0.15, -0.1) is 0 Å². The Morgan fingerprint density at radius 3 is 2.14 bits per heavy atom. The molecular formula is C35H43N3O6. The minimum Gasteiger partial charge on any atom is -0.478 e. The molecule has 2 aromatic carbocycles. The van der Waals surface area contributed by atoms with Crippen LogP contribution in [0.25, 0.3) is 11.1 Å². The molecule has 0 unspecified atom stereocenters. The number of hydrogen-bond donors (Lipinski definition) is 2. The third-order valence-electron chi connectivity index (χ3n) is 9.05. The lowest BCUT2D eigenvalue weighted by Gasteiger charge is -2.40. The number of fused-ring (bicyclic) bond motifs is 3. The Bertz CT molecular complexity index is 1520. The fourth-order valence-corrected chi connectivity index (χ4v) is 6.77. The smallest absolute Gasteiger partial charge is 0.410 e. The van der Waals surface area contributed by atoms with Gasteiger partial charge in [-0.05, 0) is 69.7 Å². The lowest BCUT2D eigenvalue weighted by atomic mass is 9.89. The number of carboxylic acid groups (broad SMARTS) is 1. The minimum atomic E-state index is -1.04. The molecule has 234 valence electrons. The average molecular weight is 602 g/mol. The van der Waals surface area contributed by atoms with Crippen molar-refractivity contribution in [1.29, 1.82) is 0 Å². The van der Waals surface area contributed by atoms with Gasteiger partial charge in [0.25, 0.3) is 0 Å². The molecule has 2 amide bonds. The molecule has 2 aliphatic carbocycles. The van der Waals surface area contributed by atoms with Gasteiger partial charge in [0.1, 0.15) is 12.2 Å². The zero-order valence-corrected chi connectivity index (χ0v) is 26.5. The number of aromatic nitrogens is 1. The van der Waals surface area contributed by atoms with Crippen molar-refractivity contribution < 1.29 is 29.0 Å². The third-order valence-corrected chi connectivity index (χ3v) is 9.05. The molecule has 0 bridgehead atoms. The number of nitrogens with one attached hydrogen (secondary N) is 1.